The monoisotopic (exact) mass is 641 g/mol. The van der Waals surface area contributed by atoms with Crippen LogP contribution in [0.2, 0.25) is 0 Å². The Labute approximate surface area is 273 Å². The number of carbonyl (C=O) groups is 2. The van der Waals surface area contributed by atoms with Crippen LogP contribution in [0.25, 0.3) is 0 Å². The van der Waals surface area contributed by atoms with Crippen LogP contribution in [0, 0.1) is 19.8 Å². The molecule has 242 valence electrons. The standard InChI is InChI=1S/C37H43N3O5S/c1-27(2)24-38-37(42)34(23-30-12-8-6-9-13-30)39(25-31-19-16-28(3)17-20-31)36(41)26-40(33-22-29(4)18-21-35(33)45-5)46(43,44)32-14-10-7-11-15-32/h6-22,27,34H,23-26H2,1-5H3,(H,38,42)/t34-/m0/s1. The maximum Gasteiger partial charge on any atom is 0.264 e. The number of anilines is 1. The molecule has 2 amide bonds. The van der Waals surface area contributed by atoms with Gasteiger partial charge in [-0.1, -0.05) is 98.3 Å². The van der Waals surface area contributed by atoms with Gasteiger partial charge in [-0.25, -0.2) is 8.42 Å². The van der Waals surface area contributed by atoms with E-state index >= 15 is 0 Å². The first-order valence-electron chi connectivity index (χ1n) is 15.4. The van der Waals surface area contributed by atoms with Gasteiger partial charge in [-0.2, -0.15) is 0 Å². The lowest BCUT2D eigenvalue weighted by Gasteiger charge is -2.34. The molecule has 0 fully saturated rings. The van der Waals surface area contributed by atoms with E-state index in [4.69, 9.17) is 4.74 Å². The molecule has 8 nitrogen and oxygen atoms in total. The molecule has 1 N–H and O–H groups in total. The van der Waals surface area contributed by atoms with Gasteiger partial charge < -0.3 is 15.0 Å². The van der Waals surface area contributed by atoms with Crippen LogP contribution in [-0.4, -0.2) is 51.4 Å². The van der Waals surface area contributed by atoms with Crippen molar-refractivity contribution < 1.29 is 22.7 Å². The molecule has 46 heavy (non-hydrogen) atoms. The summed E-state index contributed by atoms with van der Waals surface area (Å²) < 4.78 is 35.2. The van der Waals surface area contributed by atoms with Crippen LogP contribution in [-0.2, 0) is 32.6 Å². The molecule has 4 aromatic carbocycles. The van der Waals surface area contributed by atoms with Crippen LogP contribution in [0.5, 0.6) is 5.75 Å². The molecule has 0 heterocycles. The number of amides is 2. The number of rotatable bonds is 14. The number of hydrogen-bond donors (Lipinski definition) is 1. The minimum absolute atomic E-state index is 0.0342. The Morgan fingerprint density at radius 2 is 1.41 bits per heavy atom. The van der Waals surface area contributed by atoms with Crippen LogP contribution in [0.4, 0.5) is 5.69 Å². The predicted molar refractivity (Wildman–Crippen MR) is 182 cm³/mol. The first-order valence-corrected chi connectivity index (χ1v) is 16.8. The molecule has 0 spiro atoms. The van der Waals surface area contributed by atoms with Gasteiger partial charge in [0.05, 0.1) is 17.7 Å². The van der Waals surface area contributed by atoms with Crippen molar-refractivity contribution >= 4 is 27.5 Å². The van der Waals surface area contributed by atoms with Crippen LogP contribution >= 0.6 is 0 Å². The molecule has 0 aliphatic heterocycles. The third kappa shape index (κ3) is 8.75. The van der Waals surface area contributed by atoms with Crippen LogP contribution in [0.3, 0.4) is 0 Å². The van der Waals surface area contributed by atoms with Crippen molar-refractivity contribution in [2.45, 2.75) is 51.6 Å². The summed E-state index contributed by atoms with van der Waals surface area (Å²) in [5, 5.41) is 3.01. The summed E-state index contributed by atoms with van der Waals surface area (Å²) in [6, 6.07) is 29.5. The van der Waals surface area contributed by atoms with E-state index < -0.39 is 28.5 Å². The molecule has 9 heteroatoms. The molecule has 0 bridgehead atoms. The topological polar surface area (TPSA) is 96.0 Å². The minimum Gasteiger partial charge on any atom is -0.495 e. The molecule has 4 aromatic rings. The molecular weight excluding hydrogens is 598 g/mol. The van der Waals surface area contributed by atoms with Gasteiger partial charge >= 0.3 is 0 Å². The van der Waals surface area contributed by atoms with E-state index in [1.165, 1.54) is 24.1 Å². The fourth-order valence-corrected chi connectivity index (χ4v) is 6.53. The molecule has 4 rings (SSSR count). The van der Waals surface area contributed by atoms with Crippen molar-refractivity contribution in [3.8, 4) is 5.75 Å². The second kappa shape index (κ2) is 15.6. The van der Waals surface area contributed by atoms with Gasteiger partial charge in [0, 0.05) is 19.5 Å². The van der Waals surface area contributed by atoms with Gasteiger partial charge in [-0.3, -0.25) is 13.9 Å². The lowest BCUT2D eigenvalue weighted by Crippen LogP contribution is -2.53. The number of nitrogens with one attached hydrogen (secondary N) is 1. The highest BCUT2D eigenvalue weighted by atomic mass is 32.2. The number of benzene rings is 4. The van der Waals surface area contributed by atoms with E-state index in [-0.39, 0.29) is 35.4 Å². The van der Waals surface area contributed by atoms with Crippen LogP contribution in [0.1, 0.15) is 36.1 Å². The average Bonchev–Trinajstić information content (AvgIpc) is 3.05. The predicted octanol–water partition coefficient (Wildman–Crippen LogP) is 5.92. The zero-order valence-corrected chi connectivity index (χ0v) is 28.0. The first kappa shape index (κ1) is 34.2. The lowest BCUT2D eigenvalue weighted by molar-refractivity contribution is -0.140. The summed E-state index contributed by atoms with van der Waals surface area (Å²) in [5.41, 5.74) is 3.79. The van der Waals surface area contributed by atoms with E-state index in [0.717, 1.165) is 26.6 Å². The van der Waals surface area contributed by atoms with Gasteiger partial charge in [-0.05, 0) is 60.7 Å². The van der Waals surface area contributed by atoms with Gasteiger partial charge in [-0.15, -0.1) is 0 Å². The van der Waals surface area contributed by atoms with Crippen LogP contribution < -0.4 is 14.4 Å². The Balaban J connectivity index is 1.83. The van der Waals surface area contributed by atoms with E-state index in [1.807, 2.05) is 88.4 Å². The van der Waals surface area contributed by atoms with Crippen molar-refractivity contribution in [3.05, 3.63) is 125 Å². The van der Waals surface area contributed by atoms with E-state index in [2.05, 4.69) is 5.32 Å². The number of methoxy groups -OCH3 is 1. The highest BCUT2D eigenvalue weighted by molar-refractivity contribution is 7.92. The molecule has 0 aliphatic rings. The molecule has 0 saturated carbocycles. The van der Waals surface area contributed by atoms with E-state index in [9.17, 15) is 18.0 Å². The third-order valence-electron chi connectivity index (χ3n) is 7.64. The second-order valence-electron chi connectivity index (χ2n) is 11.9. The summed E-state index contributed by atoms with van der Waals surface area (Å²) in [5.74, 6) is -0.325. The molecule has 0 unspecified atom stereocenters. The first-order chi connectivity index (χ1) is 22.0. The quantitative estimate of drug-likeness (QED) is 0.185. The fourth-order valence-electron chi connectivity index (χ4n) is 5.09. The van der Waals surface area contributed by atoms with E-state index in [1.54, 1.807) is 30.3 Å². The molecule has 0 saturated heterocycles. The van der Waals surface area contributed by atoms with Crippen molar-refractivity contribution in [3.63, 3.8) is 0 Å². The van der Waals surface area contributed by atoms with Crippen molar-refractivity contribution in [1.82, 2.24) is 10.2 Å². The normalized spacial score (nSPS) is 12.0. The summed E-state index contributed by atoms with van der Waals surface area (Å²) in [6.45, 7) is 7.82. The number of hydrogen-bond acceptors (Lipinski definition) is 5. The minimum atomic E-state index is -4.23. The maximum atomic E-state index is 14.6. The maximum absolute atomic E-state index is 14.6. The van der Waals surface area contributed by atoms with Crippen molar-refractivity contribution in [2.24, 2.45) is 5.92 Å². The number of ether oxygens (including phenoxy) is 1. The molecule has 0 aromatic heterocycles. The zero-order valence-electron chi connectivity index (χ0n) is 27.1. The molecule has 0 radical (unpaired) electrons. The third-order valence-corrected chi connectivity index (χ3v) is 9.42. The summed E-state index contributed by atoms with van der Waals surface area (Å²) in [4.78, 5) is 30.1. The molecule has 0 aliphatic carbocycles. The van der Waals surface area contributed by atoms with Crippen LogP contribution in [0.15, 0.2) is 108 Å². The highest BCUT2D eigenvalue weighted by Crippen LogP contribution is 2.34. The number of aryl methyl sites for hydroxylation is 2. The van der Waals surface area contributed by atoms with Gasteiger partial charge in [0.1, 0.15) is 18.3 Å². The lowest BCUT2D eigenvalue weighted by atomic mass is 10.0. The van der Waals surface area contributed by atoms with Crippen molar-refractivity contribution in [2.75, 3.05) is 24.5 Å². The zero-order chi connectivity index (χ0) is 33.3. The Bertz CT molecular complexity index is 1710. The Kier molecular flexibility index (Phi) is 11.6. The Morgan fingerprint density at radius 1 is 0.804 bits per heavy atom. The average molecular weight is 642 g/mol. The highest BCUT2D eigenvalue weighted by Gasteiger charge is 2.35. The number of nitrogens with zero attached hydrogens (tertiary/aromatic N) is 2. The molecular formula is C37H43N3O5S. The number of carbonyl (C=O) groups excluding carboxylic acids is 2. The number of sulfonamides is 1. The van der Waals surface area contributed by atoms with Gasteiger partial charge in [0.2, 0.25) is 11.8 Å². The fraction of sp³-hybridized carbons (Fsp3) is 0.297. The summed E-state index contributed by atoms with van der Waals surface area (Å²) in [7, 11) is -2.77. The summed E-state index contributed by atoms with van der Waals surface area (Å²) >= 11 is 0. The largest absolute Gasteiger partial charge is 0.495 e. The Hall–Kier alpha value is -4.63. The smallest absolute Gasteiger partial charge is 0.264 e. The van der Waals surface area contributed by atoms with Gasteiger partial charge in [0.25, 0.3) is 10.0 Å². The van der Waals surface area contributed by atoms with E-state index in [0.29, 0.717) is 12.3 Å². The van der Waals surface area contributed by atoms with Gasteiger partial charge in [0.15, 0.2) is 0 Å². The Morgan fingerprint density at radius 3 is 2.02 bits per heavy atom. The van der Waals surface area contributed by atoms with Crippen molar-refractivity contribution in [1.29, 1.82) is 0 Å². The summed E-state index contributed by atoms with van der Waals surface area (Å²) in [6.07, 6.45) is 0.252. The second-order valence-corrected chi connectivity index (χ2v) is 13.7. The molecule has 1 atom stereocenters. The SMILES string of the molecule is COc1ccc(C)cc1N(CC(=O)N(Cc1ccc(C)cc1)[C@@H](Cc1ccccc1)C(=O)NCC(C)C)S(=O)(=O)c1ccccc1.